The number of hydrogen-bond acceptors (Lipinski definition) is 5. The normalized spacial score (nSPS) is 18.4. The average molecular weight is 399 g/mol. The van der Waals surface area contributed by atoms with Crippen LogP contribution in [0.25, 0.3) is 5.57 Å². The Morgan fingerprint density at radius 3 is 2.68 bits per heavy atom. The molecule has 1 aromatic carbocycles. The zero-order chi connectivity index (χ0) is 20.5. The summed E-state index contributed by atoms with van der Waals surface area (Å²) >= 11 is 0. The van der Waals surface area contributed by atoms with Crippen molar-refractivity contribution in [2.24, 2.45) is 0 Å². The van der Waals surface area contributed by atoms with E-state index in [-0.39, 0.29) is 32.8 Å². The molecule has 1 aromatic rings. The number of aliphatic hydroxyl groups is 1. The smallest absolute Gasteiger partial charge is 0.410 e. The number of alkyl halides is 2. The van der Waals surface area contributed by atoms with E-state index in [1.54, 1.807) is 30.3 Å². The molecule has 1 fully saturated rings. The molecule has 154 valence electrons. The van der Waals surface area contributed by atoms with Crippen molar-refractivity contribution in [3.05, 3.63) is 42.0 Å². The fourth-order valence-electron chi connectivity index (χ4n) is 2.84. The fourth-order valence-corrected chi connectivity index (χ4v) is 2.84. The van der Waals surface area contributed by atoms with Crippen LogP contribution in [0.15, 0.2) is 36.4 Å². The van der Waals surface area contributed by atoms with Crippen LogP contribution in [-0.2, 0) is 14.3 Å². The molecule has 1 amide bonds. The van der Waals surface area contributed by atoms with E-state index in [1.165, 1.54) is 4.90 Å². The molecule has 1 saturated heterocycles. The maximum Gasteiger partial charge on any atom is 0.410 e. The maximum atomic E-state index is 12.9. The van der Waals surface area contributed by atoms with Gasteiger partial charge < -0.3 is 19.7 Å². The number of carboxylic acid groups (broad SMARTS) is 1. The third-order valence-electron chi connectivity index (χ3n) is 4.20. The Morgan fingerprint density at radius 1 is 1.32 bits per heavy atom. The lowest BCUT2D eigenvalue weighted by atomic mass is 9.96. The lowest BCUT2D eigenvalue weighted by molar-refractivity contribution is -0.138. The number of amides is 1. The van der Waals surface area contributed by atoms with E-state index in [9.17, 15) is 23.5 Å². The van der Waals surface area contributed by atoms with Crippen LogP contribution in [0.4, 0.5) is 13.6 Å². The van der Waals surface area contributed by atoms with Gasteiger partial charge in [0.15, 0.2) is 0 Å². The van der Waals surface area contributed by atoms with E-state index in [1.807, 2.05) is 0 Å². The molecule has 7 nitrogen and oxygen atoms in total. The second-order valence-electron chi connectivity index (χ2n) is 6.21. The summed E-state index contributed by atoms with van der Waals surface area (Å²) in [7, 11) is 0. The lowest BCUT2D eigenvalue weighted by Gasteiger charge is -2.25. The molecule has 28 heavy (non-hydrogen) atoms. The zero-order valence-corrected chi connectivity index (χ0v) is 15.2. The highest BCUT2D eigenvalue weighted by molar-refractivity contribution is 5.79. The van der Waals surface area contributed by atoms with Crippen LogP contribution in [-0.4, -0.2) is 72.1 Å². The highest BCUT2D eigenvalue weighted by Crippen LogP contribution is 2.28. The number of nitrogens with zero attached hydrogens (tertiary/aromatic N) is 1. The van der Waals surface area contributed by atoms with Gasteiger partial charge in [-0.2, -0.15) is 0 Å². The van der Waals surface area contributed by atoms with E-state index in [0.29, 0.717) is 17.6 Å². The number of cyclic esters (lactones) is 1. The number of halogens is 2. The molecule has 0 bridgehead atoms. The monoisotopic (exact) mass is 399 g/mol. The van der Waals surface area contributed by atoms with Gasteiger partial charge in [-0.15, -0.1) is 0 Å². The minimum absolute atomic E-state index is 0.0185. The standard InChI is InChI=1S/C19H23F2NO6/c20-18(21)16(23)11-14(13-5-2-1-3-6-13)15-12-28-19(26)22(15)8-4-9-27-10-7-17(24)25/h1-3,5-6,11,15-16,18,23H,4,7-10,12H2,(H,24,25). The Hall–Kier alpha value is -2.52. The summed E-state index contributed by atoms with van der Waals surface area (Å²) in [6.07, 6.45) is -4.13. The van der Waals surface area contributed by atoms with Crippen LogP contribution in [0.1, 0.15) is 18.4 Å². The van der Waals surface area contributed by atoms with Crippen molar-refractivity contribution < 1.29 is 38.1 Å². The number of carbonyl (C=O) groups is 2. The van der Waals surface area contributed by atoms with Crippen molar-refractivity contribution >= 4 is 17.6 Å². The van der Waals surface area contributed by atoms with E-state index < -0.39 is 30.6 Å². The predicted octanol–water partition coefficient (Wildman–Crippen LogP) is 2.40. The number of rotatable bonds is 11. The van der Waals surface area contributed by atoms with E-state index in [0.717, 1.165) is 6.08 Å². The van der Waals surface area contributed by atoms with E-state index in [2.05, 4.69) is 0 Å². The molecule has 0 aromatic heterocycles. The first-order chi connectivity index (χ1) is 13.4. The predicted molar refractivity (Wildman–Crippen MR) is 96.0 cm³/mol. The zero-order valence-electron chi connectivity index (χ0n) is 15.2. The summed E-state index contributed by atoms with van der Waals surface area (Å²) in [5.41, 5.74) is 0.985. The molecule has 0 aliphatic carbocycles. The third-order valence-corrected chi connectivity index (χ3v) is 4.20. The lowest BCUT2D eigenvalue weighted by Crippen LogP contribution is -2.36. The molecular weight excluding hydrogens is 376 g/mol. The van der Waals surface area contributed by atoms with Gasteiger partial charge in [0, 0.05) is 13.2 Å². The quantitative estimate of drug-likeness (QED) is 0.555. The molecule has 9 heteroatoms. The SMILES string of the molecule is O=C(O)CCOCCCN1C(=O)OCC1C(=CC(O)C(F)F)c1ccccc1. The molecule has 2 rings (SSSR count). The Balaban J connectivity index is 2.08. The number of ether oxygens (including phenoxy) is 2. The van der Waals surface area contributed by atoms with Crippen LogP contribution >= 0.6 is 0 Å². The number of benzene rings is 1. The highest BCUT2D eigenvalue weighted by Gasteiger charge is 2.36. The topological polar surface area (TPSA) is 96.3 Å². The second-order valence-corrected chi connectivity index (χ2v) is 6.21. The van der Waals surface area contributed by atoms with Gasteiger partial charge >= 0.3 is 12.1 Å². The van der Waals surface area contributed by atoms with Gasteiger partial charge in [0.25, 0.3) is 6.43 Å². The Morgan fingerprint density at radius 2 is 2.04 bits per heavy atom. The molecule has 2 N–H and O–H groups in total. The number of carboxylic acids is 1. The molecule has 0 radical (unpaired) electrons. The van der Waals surface area contributed by atoms with E-state index >= 15 is 0 Å². The molecule has 1 aliphatic heterocycles. The number of aliphatic carboxylic acids is 1. The van der Waals surface area contributed by atoms with Crippen LogP contribution in [0.5, 0.6) is 0 Å². The van der Waals surface area contributed by atoms with Crippen molar-refractivity contribution in [2.75, 3.05) is 26.4 Å². The average Bonchev–Trinajstić information content (AvgIpc) is 3.03. The maximum absolute atomic E-state index is 12.9. The summed E-state index contributed by atoms with van der Waals surface area (Å²) < 4.78 is 36.0. The highest BCUT2D eigenvalue weighted by atomic mass is 19.3. The first-order valence-electron chi connectivity index (χ1n) is 8.86. The first kappa shape index (κ1) is 21.8. The van der Waals surface area contributed by atoms with Crippen molar-refractivity contribution in [1.29, 1.82) is 0 Å². The summed E-state index contributed by atoms with van der Waals surface area (Å²) in [5, 5.41) is 18.2. The summed E-state index contributed by atoms with van der Waals surface area (Å²) in [4.78, 5) is 23.9. The largest absolute Gasteiger partial charge is 0.481 e. The van der Waals surface area contributed by atoms with Crippen molar-refractivity contribution in [3.8, 4) is 0 Å². The van der Waals surface area contributed by atoms with Crippen molar-refractivity contribution in [3.63, 3.8) is 0 Å². The Bertz CT molecular complexity index is 682. The van der Waals surface area contributed by atoms with Crippen LogP contribution in [0, 0.1) is 0 Å². The summed E-state index contributed by atoms with van der Waals surface area (Å²) in [5.74, 6) is -0.960. The molecule has 0 saturated carbocycles. The van der Waals surface area contributed by atoms with Crippen molar-refractivity contribution in [2.45, 2.75) is 31.4 Å². The third kappa shape index (κ3) is 6.28. The minimum Gasteiger partial charge on any atom is -0.481 e. The summed E-state index contributed by atoms with van der Waals surface area (Å²) in [6, 6.07) is 8.03. The minimum atomic E-state index is -2.95. The van der Waals surface area contributed by atoms with Crippen molar-refractivity contribution in [1.82, 2.24) is 4.90 Å². The molecule has 1 heterocycles. The summed E-state index contributed by atoms with van der Waals surface area (Å²) in [6.45, 7) is 0.535. The van der Waals surface area contributed by atoms with Gasteiger partial charge in [0.2, 0.25) is 0 Å². The molecular formula is C19H23F2NO6. The van der Waals surface area contributed by atoms with Gasteiger partial charge in [-0.1, -0.05) is 30.3 Å². The van der Waals surface area contributed by atoms with E-state index in [4.69, 9.17) is 14.6 Å². The van der Waals surface area contributed by atoms with Crippen LogP contribution in [0.2, 0.25) is 0 Å². The van der Waals surface area contributed by atoms with Gasteiger partial charge in [0.1, 0.15) is 12.7 Å². The molecule has 2 atom stereocenters. The molecule has 1 aliphatic rings. The first-order valence-corrected chi connectivity index (χ1v) is 8.86. The Labute approximate surface area is 161 Å². The van der Waals surface area contributed by atoms with Gasteiger partial charge in [-0.3, -0.25) is 9.69 Å². The molecule has 2 unspecified atom stereocenters. The van der Waals surface area contributed by atoms with Crippen LogP contribution in [0.3, 0.4) is 0 Å². The van der Waals surface area contributed by atoms with Crippen LogP contribution < -0.4 is 0 Å². The fraction of sp³-hybridized carbons (Fsp3) is 0.474. The number of aliphatic hydroxyl groups excluding tert-OH is 1. The second kappa shape index (κ2) is 10.7. The molecule has 0 spiro atoms. The Kier molecular flexibility index (Phi) is 8.34. The number of hydrogen-bond donors (Lipinski definition) is 2. The number of carbonyl (C=O) groups excluding carboxylic acids is 1. The van der Waals surface area contributed by atoms with Gasteiger partial charge in [-0.25, -0.2) is 13.6 Å². The van der Waals surface area contributed by atoms with Gasteiger partial charge in [-0.05, 0) is 23.6 Å². The van der Waals surface area contributed by atoms with Gasteiger partial charge in [0.05, 0.1) is 19.1 Å².